The molecular weight excluding hydrogens is 379 g/mol. The van der Waals surface area contributed by atoms with Crippen LogP contribution in [-0.2, 0) is 10.0 Å². The SMILES string of the molecule is O=S(=O)(Nc1cc(-c2ccccc2)ccc1Oc1ccccc1)C(F)(F)F. The molecule has 0 aliphatic rings. The molecule has 3 aromatic carbocycles. The van der Waals surface area contributed by atoms with E-state index in [0.29, 0.717) is 11.3 Å². The third-order valence-corrected chi connectivity index (χ3v) is 4.70. The average Bonchev–Trinajstić information content (AvgIpc) is 2.63. The number of benzene rings is 3. The van der Waals surface area contributed by atoms with E-state index in [-0.39, 0.29) is 11.4 Å². The third-order valence-electron chi connectivity index (χ3n) is 3.61. The summed E-state index contributed by atoms with van der Waals surface area (Å²) in [6.07, 6.45) is 0. The van der Waals surface area contributed by atoms with Crippen LogP contribution in [0, 0.1) is 0 Å². The molecule has 0 aliphatic carbocycles. The minimum atomic E-state index is -5.59. The largest absolute Gasteiger partial charge is 0.516 e. The first-order valence-electron chi connectivity index (χ1n) is 7.78. The first-order chi connectivity index (χ1) is 12.8. The molecule has 140 valence electrons. The van der Waals surface area contributed by atoms with Gasteiger partial charge in [-0.3, -0.25) is 4.72 Å². The Hall–Kier alpha value is -3.00. The van der Waals surface area contributed by atoms with Gasteiger partial charge in [0.1, 0.15) is 5.75 Å². The number of hydrogen-bond acceptors (Lipinski definition) is 3. The first kappa shape index (κ1) is 18.8. The first-order valence-corrected chi connectivity index (χ1v) is 9.26. The molecule has 4 nitrogen and oxygen atoms in total. The zero-order valence-electron chi connectivity index (χ0n) is 13.8. The maximum Gasteiger partial charge on any atom is 0.516 e. The van der Waals surface area contributed by atoms with E-state index in [1.165, 1.54) is 12.1 Å². The fraction of sp³-hybridized carbons (Fsp3) is 0.0526. The topological polar surface area (TPSA) is 55.4 Å². The highest BCUT2D eigenvalue weighted by Crippen LogP contribution is 2.36. The van der Waals surface area contributed by atoms with Crippen molar-refractivity contribution in [1.82, 2.24) is 0 Å². The number of para-hydroxylation sites is 1. The minimum absolute atomic E-state index is 0.0475. The molecule has 27 heavy (non-hydrogen) atoms. The van der Waals surface area contributed by atoms with Crippen LogP contribution >= 0.6 is 0 Å². The van der Waals surface area contributed by atoms with Gasteiger partial charge >= 0.3 is 15.5 Å². The molecule has 3 rings (SSSR count). The highest BCUT2D eigenvalue weighted by atomic mass is 32.2. The molecule has 0 aromatic heterocycles. The number of hydrogen-bond donors (Lipinski definition) is 1. The maximum absolute atomic E-state index is 12.8. The van der Waals surface area contributed by atoms with Crippen molar-refractivity contribution < 1.29 is 26.3 Å². The molecule has 0 spiro atoms. The van der Waals surface area contributed by atoms with E-state index in [9.17, 15) is 21.6 Å². The van der Waals surface area contributed by atoms with Gasteiger partial charge in [0.2, 0.25) is 0 Å². The van der Waals surface area contributed by atoms with Crippen molar-refractivity contribution in [3.63, 3.8) is 0 Å². The molecular formula is C19H14F3NO3S. The number of ether oxygens (including phenoxy) is 1. The van der Waals surface area contributed by atoms with Crippen LogP contribution in [-0.4, -0.2) is 13.9 Å². The summed E-state index contributed by atoms with van der Waals surface area (Å²) in [6, 6.07) is 21.5. The lowest BCUT2D eigenvalue weighted by Crippen LogP contribution is -2.30. The smallest absolute Gasteiger partial charge is 0.455 e. The van der Waals surface area contributed by atoms with E-state index in [1.807, 2.05) is 0 Å². The number of anilines is 1. The van der Waals surface area contributed by atoms with Crippen LogP contribution in [0.15, 0.2) is 78.9 Å². The number of nitrogens with one attached hydrogen (secondary N) is 1. The molecule has 0 heterocycles. The summed E-state index contributed by atoms with van der Waals surface area (Å²) in [5.74, 6) is 0.311. The summed E-state index contributed by atoms with van der Waals surface area (Å²) in [4.78, 5) is 0. The molecule has 0 amide bonds. The highest BCUT2D eigenvalue weighted by molar-refractivity contribution is 7.93. The van der Waals surface area contributed by atoms with E-state index in [0.717, 1.165) is 5.56 Å². The Labute approximate surface area is 154 Å². The lowest BCUT2D eigenvalue weighted by molar-refractivity contribution is -0.0429. The Morgan fingerprint density at radius 1 is 0.778 bits per heavy atom. The molecule has 1 N–H and O–H groups in total. The van der Waals surface area contributed by atoms with Crippen molar-refractivity contribution in [2.45, 2.75) is 5.51 Å². The van der Waals surface area contributed by atoms with Crippen LogP contribution in [0.25, 0.3) is 11.1 Å². The highest BCUT2D eigenvalue weighted by Gasteiger charge is 2.46. The molecule has 0 atom stereocenters. The van der Waals surface area contributed by atoms with E-state index < -0.39 is 15.5 Å². The second kappa shape index (κ2) is 7.32. The summed E-state index contributed by atoms with van der Waals surface area (Å²) < 4.78 is 68.7. The van der Waals surface area contributed by atoms with E-state index in [4.69, 9.17) is 4.74 Å². The Morgan fingerprint density at radius 2 is 1.37 bits per heavy atom. The molecule has 0 radical (unpaired) electrons. The molecule has 0 saturated carbocycles. The molecule has 3 aromatic rings. The van der Waals surface area contributed by atoms with Gasteiger partial charge in [-0.15, -0.1) is 0 Å². The summed E-state index contributed by atoms with van der Waals surface area (Å²) in [5.41, 5.74) is -4.50. The van der Waals surface area contributed by atoms with Crippen molar-refractivity contribution in [3.8, 4) is 22.6 Å². The standard InChI is InChI=1S/C19H14F3NO3S/c20-19(21,22)27(24,25)23-17-13-15(14-7-3-1-4-8-14)11-12-18(17)26-16-9-5-2-6-10-16/h1-13,23H. The quantitative estimate of drug-likeness (QED) is 0.631. The van der Waals surface area contributed by atoms with Gasteiger partial charge in [-0.2, -0.15) is 21.6 Å². The number of halogens is 3. The lowest BCUT2D eigenvalue weighted by atomic mass is 10.1. The van der Waals surface area contributed by atoms with Crippen LogP contribution in [0.4, 0.5) is 18.9 Å². The zero-order chi connectivity index (χ0) is 19.5. The van der Waals surface area contributed by atoms with E-state index in [1.54, 1.807) is 71.5 Å². The Bertz CT molecular complexity index is 1020. The van der Waals surface area contributed by atoms with E-state index >= 15 is 0 Å². The Balaban J connectivity index is 2.05. The van der Waals surface area contributed by atoms with Crippen molar-refractivity contribution in [2.24, 2.45) is 0 Å². The Morgan fingerprint density at radius 3 is 1.96 bits per heavy atom. The monoisotopic (exact) mass is 393 g/mol. The molecule has 0 unspecified atom stereocenters. The van der Waals surface area contributed by atoms with Gasteiger partial charge in [-0.25, -0.2) is 0 Å². The predicted octanol–water partition coefficient (Wildman–Crippen LogP) is 5.41. The summed E-state index contributed by atoms with van der Waals surface area (Å²) in [6.45, 7) is 0. The molecule has 0 aliphatic heterocycles. The summed E-state index contributed by atoms with van der Waals surface area (Å²) >= 11 is 0. The third kappa shape index (κ3) is 4.40. The molecule has 8 heteroatoms. The summed E-state index contributed by atoms with van der Waals surface area (Å²) in [5, 5.41) is 0. The van der Waals surface area contributed by atoms with Crippen molar-refractivity contribution in [3.05, 3.63) is 78.9 Å². The van der Waals surface area contributed by atoms with Gasteiger partial charge in [-0.05, 0) is 35.4 Å². The summed E-state index contributed by atoms with van der Waals surface area (Å²) in [7, 11) is -5.59. The van der Waals surface area contributed by atoms with Crippen LogP contribution in [0.2, 0.25) is 0 Å². The van der Waals surface area contributed by atoms with Gasteiger partial charge in [0.25, 0.3) is 0 Å². The average molecular weight is 393 g/mol. The van der Waals surface area contributed by atoms with E-state index in [2.05, 4.69) is 0 Å². The minimum Gasteiger partial charge on any atom is -0.455 e. The predicted molar refractivity (Wildman–Crippen MR) is 97.0 cm³/mol. The Kier molecular flexibility index (Phi) is 5.09. The second-order valence-corrected chi connectivity index (χ2v) is 7.22. The van der Waals surface area contributed by atoms with Crippen LogP contribution < -0.4 is 9.46 Å². The zero-order valence-corrected chi connectivity index (χ0v) is 14.6. The van der Waals surface area contributed by atoms with Crippen LogP contribution in [0.1, 0.15) is 0 Å². The van der Waals surface area contributed by atoms with Crippen molar-refractivity contribution >= 4 is 15.7 Å². The van der Waals surface area contributed by atoms with Crippen molar-refractivity contribution in [2.75, 3.05) is 4.72 Å². The maximum atomic E-state index is 12.8. The molecule has 0 saturated heterocycles. The van der Waals surface area contributed by atoms with Gasteiger partial charge in [0.15, 0.2) is 5.75 Å². The fourth-order valence-corrected chi connectivity index (χ4v) is 2.89. The number of rotatable bonds is 5. The number of alkyl halides is 3. The van der Waals surface area contributed by atoms with Gasteiger partial charge in [-0.1, -0.05) is 54.6 Å². The normalized spacial score (nSPS) is 11.8. The lowest BCUT2D eigenvalue weighted by Gasteiger charge is -2.16. The molecule has 0 fully saturated rings. The number of sulfonamides is 1. The molecule has 0 bridgehead atoms. The van der Waals surface area contributed by atoms with Crippen LogP contribution in [0.5, 0.6) is 11.5 Å². The van der Waals surface area contributed by atoms with Crippen LogP contribution in [0.3, 0.4) is 0 Å². The second-order valence-electron chi connectivity index (χ2n) is 5.54. The van der Waals surface area contributed by atoms with Gasteiger partial charge in [0, 0.05) is 0 Å². The fourth-order valence-electron chi connectivity index (χ4n) is 2.33. The van der Waals surface area contributed by atoms with Crippen molar-refractivity contribution in [1.29, 1.82) is 0 Å². The van der Waals surface area contributed by atoms with Gasteiger partial charge < -0.3 is 4.74 Å². The van der Waals surface area contributed by atoms with Gasteiger partial charge in [0.05, 0.1) is 5.69 Å².